The second-order valence-electron chi connectivity index (χ2n) is 6.29. The molecule has 1 saturated heterocycles. The summed E-state index contributed by atoms with van der Waals surface area (Å²) in [6, 6.07) is 7.91. The van der Waals surface area contributed by atoms with Crippen molar-refractivity contribution < 1.29 is 9.53 Å². The first kappa shape index (κ1) is 16.5. The van der Waals surface area contributed by atoms with E-state index in [4.69, 9.17) is 4.74 Å². The summed E-state index contributed by atoms with van der Waals surface area (Å²) in [5.41, 5.74) is 1.13. The lowest BCUT2D eigenvalue weighted by atomic mass is 9.95. The van der Waals surface area contributed by atoms with Gasteiger partial charge in [0.1, 0.15) is 11.6 Å². The number of methoxy groups -OCH3 is 1. The van der Waals surface area contributed by atoms with Gasteiger partial charge in [-0.3, -0.25) is 9.89 Å². The molecular weight excluding hydrogens is 304 g/mol. The topological polar surface area (TPSA) is 71.1 Å². The molecular formula is C18H24N4O2. The van der Waals surface area contributed by atoms with E-state index in [1.807, 2.05) is 36.1 Å². The second kappa shape index (κ2) is 7.47. The average molecular weight is 328 g/mol. The van der Waals surface area contributed by atoms with E-state index in [9.17, 15) is 4.79 Å². The van der Waals surface area contributed by atoms with Gasteiger partial charge in [-0.05, 0) is 43.9 Å². The summed E-state index contributed by atoms with van der Waals surface area (Å²) in [7, 11) is 1.66. The zero-order valence-corrected chi connectivity index (χ0v) is 14.3. The normalized spacial score (nSPS) is 15.5. The molecule has 24 heavy (non-hydrogen) atoms. The molecule has 1 N–H and O–H groups in total. The SMILES string of the molecule is COc1cccc(CCC(=O)N2CCC(c3n[nH]c(C)n3)CC2)c1. The van der Waals surface area contributed by atoms with Crippen molar-refractivity contribution in [3.05, 3.63) is 41.5 Å². The Labute approximate surface area is 142 Å². The first-order chi connectivity index (χ1) is 11.7. The summed E-state index contributed by atoms with van der Waals surface area (Å²) in [6.45, 7) is 3.48. The van der Waals surface area contributed by atoms with E-state index >= 15 is 0 Å². The first-order valence-electron chi connectivity index (χ1n) is 8.45. The second-order valence-corrected chi connectivity index (χ2v) is 6.29. The van der Waals surface area contributed by atoms with Crippen molar-refractivity contribution in [2.24, 2.45) is 0 Å². The van der Waals surface area contributed by atoms with Gasteiger partial charge < -0.3 is 9.64 Å². The van der Waals surface area contributed by atoms with Gasteiger partial charge >= 0.3 is 0 Å². The third kappa shape index (κ3) is 3.93. The summed E-state index contributed by atoms with van der Waals surface area (Å²) in [4.78, 5) is 18.8. The number of hydrogen-bond donors (Lipinski definition) is 1. The summed E-state index contributed by atoms with van der Waals surface area (Å²) < 4.78 is 5.22. The highest BCUT2D eigenvalue weighted by atomic mass is 16.5. The number of ether oxygens (including phenoxy) is 1. The fourth-order valence-corrected chi connectivity index (χ4v) is 3.17. The molecule has 6 nitrogen and oxygen atoms in total. The van der Waals surface area contributed by atoms with Crippen molar-refractivity contribution in [1.82, 2.24) is 20.1 Å². The molecule has 2 heterocycles. The van der Waals surface area contributed by atoms with Crippen molar-refractivity contribution in [2.45, 2.75) is 38.5 Å². The highest BCUT2D eigenvalue weighted by Gasteiger charge is 2.25. The number of aryl methyl sites for hydroxylation is 2. The molecule has 0 spiro atoms. The summed E-state index contributed by atoms with van der Waals surface area (Å²) in [5, 5.41) is 7.15. The van der Waals surface area contributed by atoms with Crippen LogP contribution in [-0.4, -0.2) is 46.2 Å². The smallest absolute Gasteiger partial charge is 0.222 e. The zero-order chi connectivity index (χ0) is 16.9. The Morgan fingerprint density at radius 3 is 2.83 bits per heavy atom. The Bertz CT molecular complexity index is 690. The van der Waals surface area contributed by atoms with Gasteiger partial charge in [-0.15, -0.1) is 0 Å². The highest BCUT2D eigenvalue weighted by molar-refractivity contribution is 5.76. The Morgan fingerprint density at radius 1 is 1.38 bits per heavy atom. The van der Waals surface area contributed by atoms with E-state index in [0.29, 0.717) is 12.3 Å². The molecule has 0 aliphatic carbocycles. The van der Waals surface area contributed by atoms with Crippen LogP contribution in [0, 0.1) is 6.92 Å². The fraction of sp³-hybridized carbons (Fsp3) is 0.500. The maximum Gasteiger partial charge on any atom is 0.222 e. The number of H-pyrrole nitrogens is 1. The molecule has 0 atom stereocenters. The van der Waals surface area contributed by atoms with E-state index in [1.165, 1.54) is 0 Å². The summed E-state index contributed by atoms with van der Waals surface area (Å²) in [5.74, 6) is 3.15. The van der Waals surface area contributed by atoms with Crippen molar-refractivity contribution in [3.63, 3.8) is 0 Å². The van der Waals surface area contributed by atoms with Crippen LogP contribution >= 0.6 is 0 Å². The molecule has 6 heteroatoms. The van der Waals surface area contributed by atoms with Crippen molar-refractivity contribution in [2.75, 3.05) is 20.2 Å². The van der Waals surface area contributed by atoms with Gasteiger partial charge in [0, 0.05) is 25.4 Å². The van der Waals surface area contributed by atoms with E-state index < -0.39 is 0 Å². The Morgan fingerprint density at radius 2 is 2.17 bits per heavy atom. The number of carbonyl (C=O) groups is 1. The van der Waals surface area contributed by atoms with Gasteiger partial charge in [0.15, 0.2) is 5.82 Å². The van der Waals surface area contributed by atoms with Gasteiger partial charge in [0.25, 0.3) is 0 Å². The van der Waals surface area contributed by atoms with Crippen LogP contribution in [-0.2, 0) is 11.2 Å². The molecule has 0 bridgehead atoms. The van der Waals surface area contributed by atoms with E-state index in [1.54, 1.807) is 7.11 Å². The molecule has 1 amide bonds. The monoisotopic (exact) mass is 328 g/mol. The third-order valence-electron chi connectivity index (χ3n) is 4.59. The molecule has 128 valence electrons. The molecule has 0 saturated carbocycles. The lowest BCUT2D eigenvalue weighted by Gasteiger charge is -2.30. The first-order valence-corrected chi connectivity index (χ1v) is 8.45. The standard InChI is InChI=1S/C18H24N4O2/c1-13-19-18(21-20-13)15-8-10-22(11-9-15)17(23)7-6-14-4-3-5-16(12-14)24-2/h3-5,12,15H,6-11H2,1-2H3,(H,19,20,21). The molecule has 1 aliphatic heterocycles. The number of aromatic amines is 1. The maximum absolute atomic E-state index is 12.4. The van der Waals surface area contributed by atoms with Crippen molar-refractivity contribution in [3.8, 4) is 5.75 Å². The van der Waals surface area contributed by atoms with Crippen molar-refractivity contribution in [1.29, 1.82) is 0 Å². The lowest BCUT2D eigenvalue weighted by molar-refractivity contribution is -0.132. The van der Waals surface area contributed by atoms with Gasteiger partial charge in [-0.2, -0.15) is 5.10 Å². The number of hydrogen-bond acceptors (Lipinski definition) is 4. The Balaban J connectivity index is 1.48. The Hall–Kier alpha value is -2.37. The van der Waals surface area contributed by atoms with Crippen LogP contribution in [0.25, 0.3) is 0 Å². The van der Waals surface area contributed by atoms with Crippen LogP contribution in [0.3, 0.4) is 0 Å². The third-order valence-corrected chi connectivity index (χ3v) is 4.59. The number of benzene rings is 1. The molecule has 1 aliphatic rings. The van der Waals surface area contributed by atoms with Gasteiger partial charge in [0.05, 0.1) is 7.11 Å². The molecule has 1 fully saturated rings. The predicted molar refractivity (Wildman–Crippen MR) is 91.0 cm³/mol. The van der Waals surface area contributed by atoms with Gasteiger partial charge in [-0.25, -0.2) is 4.98 Å². The van der Waals surface area contributed by atoms with Crippen LogP contribution in [0.2, 0.25) is 0 Å². The van der Waals surface area contributed by atoms with Crippen LogP contribution in [0.15, 0.2) is 24.3 Å². The van der Waals surface area contributed by atoms with Gasteiger partial charge in [-0.1, -0.05) is 12.1 Å². The number of piperidine rings is 1. The lowest BCUT2D eigenvalue weighted by Crippen LogP contribution is -2.38. The minimum Gasteiger partial charge on any atom is -0.497 e. The highest BCUT2D eigenvalue weighted by Crippen LogP contribution is 2.26. The molecule has 2 aromatic rings. The zero-order valence-electron chi connectivity index (χ0n) is 14.3. The van der Waals surface area contributed by atoms with Gasteiger partial charge in [0.2, 0.25) is 5.91 Å². The number of likely N-dealkylation sites (tertiary alicyclic amines) is 1. The number of aromatic nitrogens is 3. The number of rotatable bonds is 5. The fourth-order valence-electron chi connectivity index (χ4n) is 3.17. The number of nitrogens with zero attached hydrogens (tertiary/aromatic N) is 3. The largest absolute Gasteiger partial charge is 0.497 e. The van der Waals surface area contributed by atoms with E-state index in [2.05, 4.69) is 15.2 Å². The number of amides is 1. The minimum absolute atomic E-state index is 0.224. The summed E-state index contributed by atoms with van der Waals surface area (Å²) >= 11 is 0. The van der Waals surface area contributed by atoms with E-state index in [0.717, 1.165) is 55.3 Å². The molecule has 1 aromatic carbocycles. The van der Waals surface area contributed by atoms with Crippen LogP contribution in [0.5, 0.6) is 5.75 Å². The van der Waals surface area contributed by atoms with Crippen LogP contribution in [0.4, 0.5) is 0 Å². The van der Waals surface area contributed by atoms with Crippen LogP contribution in [0.1, 0.15) is 42.4 Å². The maximum atomic E-state index is 12.4. The number of nitrogens with one attached hydrogen (secondary N) is 1. The minimum atomic E-state index is 0.224. The molecule has 1 aromatic heterocycles. The summed E-state index contributed by atoms with van der Waals surface area (Å²) in [6.07, 6.45) is 3.15. The van der Waals surface area contributed by atoms with Crippen LogP contribution < -0.4 is 4.74 Å². The molecule has 3 rings (SSSR count). The van der Waals surface area contributed by atoms with E-state index in [-0.39, 0.29) is 5.91 Å². The molecule has 0 unspecified atom stereocenters. The van der Waals surface area contributed by atoms with Crippen molar-refractivity contribution >= 4 is 5.91 Å². The Kier molecular flexibility index (Phi) is 5.13. The average Bonchev–Trinajstić information content (AvgIpc) is 3.06. The quantitative estimate of drug-likeness (QED) is 0.915. The molecule has 0 radical (unpaired) electrons. The predicted octanol–water partition coefficient (Wildman–Crippen LogP) is 2.46. The number of carbonyl (C=O) groups excluding carboxylic acids is 1.